The number of hydrogen-bond acceptors (Lipinski definition) is 2. The summed E-state index contributed by atoms with van der Waals surface area (Å²) in [5.74, 6) is -1.95. The van der Waals surface area contributed by atoms with Gasteiger partial charge in [0.15, 0.2) is 27.5 Å². The predicted octanol–water partition coefficient (Wildman–Crippen LogP) is 4.36. The number of halogens is 4. The summed E-state index contributed by atoms with van der Waals surface area (Å²) >= 11 is 12.4. The monoisotopic (exact) mass is 318 g/mol. The zero-order chi connectivity index (χ0) is 14.9. The van der Waals surface area contributed by atoms with Crippen molar-refractivity contribution in [2.75, 3.05) is 7.11 Å². The van der Waals surface area contributed by atoms with E-state index < -0.39 is 21.7 Å². The van der Waals surface area contributed by atoms with Gasteiger partial charge in [0.05, 0.1) is 7.11 Å². The van der Waals surface area contributed by atoms with Crippen LogP contribution in [0.5, 0.6) is 11.5 Å². The average Bonchev–Trinajstić information content (AvgIpc) is 2.41. The summed E-state index contributed by atoms with van der Waals surface area (Å²) < 4.78 is 30.2. The van der Waals surface area contributed by atoms with E-state index >= 15 is 0 Å². The number of aromatic hydroxyl groups is 1. The molecular formula is C14H10Cl2F2O2. The molecule has 0 spiro atoms. The molecule has 0 aromatic heterocycles. The van der Waals surface area contributed by atoms with Gasteiger partial charge in [-0.15, -0.1) is 0 Å². The number of alkyl halides is 2. The first-order valence-electron chi connectivity index (χ1n) is 5.57. The predicted molar refractivity (Wildman–Crippen MR) is 73.5 cm³/mol. The van der Waals surface area contributed by atoms with Crippen molar-refractivity contribution in [1.29, 1.82) is 0 Å². The molecule has 106 valence electrons. The van der Waals surface area contributed by atoms with Crippen molar-refractivity contribution in [1.82, 2.24) is 0 Å². The summed E-state index contributed by atoms with van der Waals surface area (Å²) in [6.07, 6.45) is 0. The molecule has 0 unspecified atom stereocenters. The maximum absolute atomic E-state index is 13.7. The third kappa shape index (κ3) is 2.67. The molecule has 0 amide bonds. The standard InChI is InChI=1S/C14H10Cl2F2O2/c1-20-13-5-3-9(7-11(13)18)14(15,16)8-2-4-12(19)10(17)6-8/h2-7,19H,1H3. The van der Waals surface area contributed by atoms with Crippen molar-refractivity contribution in [2.24, 2.45) is 0 Å². The molecule has 2 nitrogen and oxygen atoms in total. The average molecular weight is 319 g/mol. The molecule has 2 rings (SSSR count). The van der Waals surface area contributed by atoms with Gasteiger partial charge in [-0.05, 0) is 35.4 Å². The lowest BCUT2D eigenvalue weighted by atomic mass is 10.0. The van der Waals surface area contributed by atoms with Crippen LogP contribution in [0, 0.1) is 11.6 Å². The first-order valence-corrected chi connectivity index (χ1v) is 6.32. The largest absolute Gasteiger partial charge is 0.505 e. The number of benzene rings is 2. The van der Waals surface area contributed by atoms with E-state index in [1.165, 1.54) is 25.3 Å². The Morgan fingerprint density at radius 2 is 1.55 bits per heavy atom. The van der Waals surface area contributed by atoms with Gasteiger partial charge in [-0.1, -0.05) is 35.3 Å². The van der Waals surface area contributed by atoms with Crippen LogP contribution in [0.3, 0.4) is 0 Å². The third-order valence-corrected chi connectivity index (χ3v) is 3.70. The normalized spacial score (nSPS) is 11.4. The van der Waals surface area contributed by atoms with Crippen LogP contribution < -0.4 is 4.74 Å². The molecule has 0 atom stereocenters. The van der Waals surface area contributed by atoms with E-state index in [2.05, 4.69) is 0 Å². The van der Waals surface area contributed by atoms with Gasteiger partial charge < -0.3 is 9.84 Å². The topological polar surface area (TPSA) is 29.5 Å². The second kappa shape index (κ2) is 5.46. The van der Waals surface area contributed by atoms with E-state index in [0.29, 0.717) is 0 Å². The maximum atomic E-state index is 13.7. The highest BCUT2D eigenvalue weighted by atomic mass is 35.5. The van der Waals surface area contributed by atoms with Crippen LogP contribution in [0.25, 0.3) is 0 Å². The summed E-state index contributed by atoms with van der Waals surface area (Å²) in [5, 5.41) is 9.15. The van der Waals surface area contributed by atoms with E-state index in [1.807, 2.05) is 0 Å². The zero-order valence-electron chi connectivity index (χ0n) is 10.3. The van der Waals surface area contributed by atoms with Gasteiger partial charge in [0.25, 0.3) is 0 Å². The van der Waals surface area contributed by atoms with E-state index in [4.69, 9.17) is 33.0 Å². The van der Waals surface area contributed by atoms with Crippen LogP contribution in [-0.2, 0) is 4.33 Å². The first kappa shape index (κ1) is 14.9. The van der Waals surface area contributed by atoms with Crippen LogP contribution in [-0.4, -0.2) is 12.2 Å². The Labute approximate surface area is 124 Å². The van der Waals surface area contributed by atoms with E-state index in [0.717, 1.165) is 18.2 Å². The molecule has 0 bridgehead atoms. The van der Waals surface area contributed by atoms with Gasteiger partial charge in [0.2, 0.25) is 0 Å². The highest BCUT2D eigenvalue weighted by Crippen LogP contribution is 2.42. The summed E-state index contributed by atoms with van der Waals surface area (Å²) in [5.41, 5.74) is 0.407. The van der Waals surface area contributed by atoms with Crippen molar-refractivity contribution in [3.63, 3.8) is 0 Å². The summed E-state index contributed by atoms with van der Waals surface area (Å²) in [7, 11) is 1.34. The molecule has 1 N–H and O–H groups in total. The van der Waals surface area contributed by atoms with Gasteiger partial charge >= 0.3 is 0 Å². The fourth-order valence-electron chi connectivity index (χ4n) is 1.73. The summed E-state index contributed by atoms with van der Waals surface area (Å²) in [6, 6.07) is 7.46. The van der Waals surface area contributed by atoms with Gasteiger partial charge in [-0.3, -0.25) is 0 Å². The molecule has 0 fully saturated rings. The molecule has 0 aliphatic rings. The van der Waals surface area contributed by atoms with E-state index in [1.54, 1.807) is 0 Å². The fourth-order valence-corrected chi connectivity index (χ4v) is 2.20. The molecule has 0 aliphatic carbocycles. The Hall–Kier alpha value is -1.52. The van der Waals surface area contributed by atoms with Crippen molar-refractivity contribution in [3.8, 4) is 11.5 Å². The maximum Gasteiger partial charge on any atom is 0.168 e. The van der Waals surface area contributed by atoms with Gasteiger partial charge in [0.1, 0.15) is 0 Å². The number of rotatable bonds is 3. The van der Waals surface area contributed by atoms with Crippen LogP contribution >= 0.6 is 23.2 Å². The molecular weight excluding hydrogens is 309 g/mol. The molecule has 2 aromatic carbocycles. The molecule has 0 saturated heterocycles. The Bertz CT molecular complexity index is 645. The first-order chi connectivity index (χ1) is 9.36. The zero-order valence-corrected chi connectivity index (χ0v) is 11.8. The molecule has 20 heavy (non-hydrogen) atoms. The van der Waals surface area contributed by atoms with Gasteiger partial charge in [-0.2, -0.15) is 0 Å². The molecule has 0 heterocycles. The lowest BCUT2D eigenvalue weighted by Gasteiger charge is -2.21. The Kier molecular flexibility index (Phi) is 4.06. The quantitative estimate of drug-likeness (QED) is 0.852. The lowest BCUT2D eigenvalue weighted by molar-refractivity contribution is 0.386. The molecule has 6 heteroatoms. The van der Waals surface area contributed by atoms with Crippen LogP contribution in [0.2, 0.25) is 0 Å². The molecule has 0 aliphatic heterocycles. The minimum Gasteiger partial charge on any atom is -0.505 e. The SMILES string of the molecule is COc1ccc(C(Cl)(Cl)c2ccc(O)c(F)c2)cc1F. The Morgan fingerprint density at radius 3 is 2.05 bits per heavy atom. The van der Waals surface area contributed by atoms with Crippen molar-refractivity contribution in [2.45, 2.75) is 4.33 Å². The van der Waals surface area contributed by atoms with Crippen molar-refractivity contribution in [3.05, 3.63) is 59.2 Å². The van der Waals surface area contributed by atoms with Gasteiger partial charge in [-0.25, -0.2) is 8.78 Å². The summed E-state index contributed by atoms with van der Waals surface area (Å²) in [6.45, 7) is 0. The highest BCUT2D eigenvalue weighted by molar-refractivity contribution is 6.50. The smallest absolute Gasteiger partial charge is 0.168 e. The summed E-state index contributed by atoms with van der Waals surface area (Å²) in [4.78, 5) is 0. The lowest BCUT2D eigenvalue weighted by Crippen LogP contribution is -2.13. The van der Waals surface area contributed by atoms with Crippen LogP contribution in [0.15, 0.2) is 36.4 Å². The minimum absolute atomic E-state index is 0.0507. The van der Waals surface area contributed by atoms with Gasteiger partial charge in [0, 0.05) is 0 Å². The van der Waals surface area contributed by atoms with Crippen molar-refractivity contribution >= 4 is 23.2 Å². The fraction of sp³-hybridized carbons (Fsp3) is 0.143. The van der Waals surface area contributed by atoms with Crippen LogP contribution in [0.4, 0.5) is 8.78 Å². The highest BCUT2D eigenvalue weighted by Gasteiger charge is 2.30. The second-order valence-electron chi connectivity index (χ2n) is 4.09. The second-order valence-corrected chi connectivity index (χ2v) is 5.42. The Balaban J connectivity index is 2.48. The van der Waals surface area contributed by atoms with E-state index in [9.17, 15) is 8.78 Å². The minimum atomic E-state index is -1.65. The number of phenols is 1. The third-order valence-electron chi connectivity index (χ3n) is 2.82. The van der Waals surface area contributed by atoms with Crippen LogP contribution in [0.1, 0.15) is 11.1 Å². The molecule has 0 radical (unpaired) electrons. The number of phenolic OH excluding ortho intramolecular Hbond substituents is 1. The molecule has 0 saturated carbocycles. The molecule has 2 aromatic rings. The number of hydrogen-bond donors (Lipinski definition) is 1. The number of methoxy groups -OCH3 is 1. The number of ether oxygens (including phenoxy) is 1. The van der Waals surface area contributed by atoms with Crippen molar-refractivity contribution < 1.29 is 18.6 Å². The van der Waals surface area contributed by atoms with E-state index in [-0.39, 0.29) is 16.9 Å². The Morgan fingerprint density at radius 1 is 1.00 bits per heavy atom.